The van der Waals surface area contributed by atoms with Crippen molar-refractivity contribution >= 4 is 23.6 Å². The van der Waals surface area contributed by atoms with Gasteiger partial charge in [-0.1, -0.05) is 78.9 Å². The van der Waals surface area contributed by atoms with Crippen LogP contribution in [0.4, 0.5) is 0 Å². The molecule has 164 valence electrons. The summed E-state index contributed by atoms with van der Waals surface area (Å²) in [7, 11) is 0. The number of benzene rings is 3. The van der Waals surface area contributed by atoms with Crippen LogP contribution in [-0.2, 0) is 5.88 Å². The Morgan fingerprint density at radius 3 is 2.09 bits per heavy atom. The summed E-state index contributed by atoms with van der Waals surface area (Å²) in [5.74, 6) is -0.106. The lowest BCUT2D eigenvalue weighted by Gasteiger charge is -2.29. The molecule has 6 heteroatoms. The zero-order chi connectivity index (χ0) is 23.5. The van der Waals surface area contributed by atoms with E-state index in [9.17, 15) is 10.1 Å². The topological polar surface area (TPSA) is 69.9 Å². The molecule has 5 nitrogen and oxygen atoms in total. The van der Waals surface area contributed by atoms with Gasteiger partial charge in [-0.2, -0.15) is 5.26 Å². The van der Waals surface area contributed by atoms with Crippen molar-refractivity contribution in [2.75, 3.05) is 0 Å². The normalized spacial score (nSPS) is 14.4. The minimum Gasteiger partial charge on any atom is -0.293 e. The lowest BCUT2D eigenvalue weighted by atomic mass is 10.00. The lowest BCUT2D eigenvalue weighted by Crippen LogP contribution is -2.33. The Morgan fingerprint density at radius 2 is 1.47 bits per heavy atom. The van der Waals surface area contributed by atoms with E-state index in [1.54, 1.807) is 24.4 Å². The molecule has 1 unspecified atom stereocenters. The highest BCUT2D eigenvalue weighted by Gasteiger charge is 2.33. The number of alkyl halides is 1. The molecule has 0 spiro atoms. The summed E-state index contributed by atoms with van der Waals surface area (Å²) >= 11 is 6.05. The van der Waals surface area contributed by atoms with E-state index >= 15 is 0 Å². The number of rotatable bonds is 4. The molecule has 3 aromatic carbocycles. The molecule has 0 saturated heterocycles. The number of hydrogen-bond donors (Lipinski definition) is 0. The van der Waals surface area contributed by atoms with Gasteiger partial charge < -0.3 is 0 Å². The van der Waals surface area contributed by atoms with Crippen molar-refractivity contribution in [3.63, 3.8) is 0 Å². The van der Waals surface area contributed by atoms with Gasteiger partial charge in [-0.05, 0) is 17.7 Å². The fourth-order valence-electron chi connectivity index (χ4n) is 4.04. The number of carbonyl (C=O) groups excluding carboxylic acids is 1. The molecule has 0 bridgehead atoms. The van der Waals surface area contributed by atoms with Gasteiger partial charge in [0, 0.05) is 28.8 Å². The van der Waals surface area contributed by atoms with Crippen molar-refractivity contribution in [1.82, 2.24) is 14.9 Å². The first-order valence-electron chi connectivity index (χ1n) is 10.8. The first kappa shape index (κ1) is 21.6. The summed E-state index contributed by atoms with van der Waals surface area (Å²) in [5, 5.41) is 10.1. The Balaban J connectivity index is 1.65. The van der Waals surface area contributed by atoms with Gasteiger partial charge in [0.1, 0.15) is 5.69 Å². The molecule has 0 saturated carbocycles. The van der Waals surface area contributed by atoms with Crippen molar-refractivity contribution in [3.05, 3.63) is 114 Å². The number of nitrogens with zero attached hydrogens (tertiary/aromatic N) is 4. The molecular weight excluding hydrogens is 444 g/mol. The number of carbonyl (C=O) groups is 1. The van der Waals surface area contributed by atoms with Gasteiger partial charge in [0.2, 0.25) is 0 Å². The average molecular weight is 463 g/mol. The molecule has 1 aromatic heterocycles. The van der Waals surface area contributed by atoms with Crippen LogP contribution in [0.3, 0.4) is 0 Å². The Morgan fingerprint density at radius 1 is 0.882 bits per heavy atom. The predicted molar refractivity (Wildman–Crippen MR) is 132 cm³/mol. The second-order valence-electron chi connectivity index (χ2n) is 7.77. The maximum Gasteiger partial charge on any atom is 0.259 e. The summed E-state index contributed by atoms with van der Waals surface area (Å²) < 4.78 is 0. The molecule has 0 aliphatic carbocycles. The molecule has 1 aliphatic heterocycles. The smallest absolute Gasteiger partial charge is 0.259 e. The van der Waals surface area contributed by atoms with Crippen LogP contribution in [0.2, 0.25) is 0 Å². The third kappa shape index (κ3) is 3.85. The summed E-state index contributed by atoms with van der Waals surface area (Å²) in [4.78, 5) is 24.6. The molecule has 5 rings (SSSR count). The van der Waals surface area contributed by atoms with Crippen molar-refractivity contribution < 1.29 is 4.79 Å². The highest BCUT2D eigenvalue weighted by Crippen LogP contribution is 2.36. The maximum absolute atomic E-state index is 13.4. The van der Waals surface area contributed by atoms with Gasteiger partial charge >= 0.3 is 0 Å². The summed E-state index contributed by atoms with van der Waals surface area (Å²) in [6.45, 7) is 0. The molecule has 1 atom stereocenters. The van der Waals surface area contributed by atoms with Gasteiger partial charge in [0.25, 0.3) is 5.91 Å². The van der Waals surface area contributed by atoms with Crippen molar-refractivity contribution in [1.29, 1.82) is 5.26 Å². The number of amides is 1. The Hall–Kier alpha value is -4.27. The van der Waals surface area contributed by atoms with E-state index in [0.29, 0.717) is 28.2 Å². The number of halogens is 1. The average Bonchev–Trinajstić information content (AvgIpc) is 2.92. The van der Waals surface area contributed by atoms with Crippen LogP contribution >= 0.6 is 11.6 Å². The van der Waals surface area contributed by atoms with E-state index in [4.69, 9.17) is 21.6 Å². The quantitative estimate of drug-likeness (QED) is 0.336. The van der Waals surface area contributed by atoms with Gasteiger partial charge in [0.05, 0.1) is 23.2 Å². The molecule has 1 aliphatic rings. The van der Waals surface area contributed by atoms with E-state index in [1.165, 1.54) is 4.90 Å². The van der Waals surface area contributed by atoms with Crippen LogP contribution in [0.1, 0.15) is 33.4 Å². The Labute approximate surface area is 202 Å². The van der Waals surface area contributed by atoms with Crippen LogP contribution in [0.5, 0.6) is 0 Å². The summed E-state index contributed by atoms with van der Waals surface area (Å²) in [6.07, 6.45) is 3.34. The minimum atomic E-state index is -0.921. The van der Waals surface area contributed by atoms with Gasteiger partial charge in [-0.3, -0.25) is 9.69 Å². The van der Waals surface area contributed by atoms with E-state index in [-0.39, 0.29) is 11.8 Å². The number of aromatic nitrogens is 2. The van der Waals surface area contributed by atoms with Gasteiger partial charge in [-0.15, -0.1) is 11.6 Å². The highest BCUT2D eigenvalue weighted by molar-refractivity contribution is 6.17. The lowest BCUT2D eigenvalue weighted by molar-refractivity contribution is 0.0791. The number of fused-ring (bicyclic) bond motifs is 1. The second kappa shape index (κ2) is 9.30. The largest absolute Gasteiger partial charge is 0.293 e. The summed E-state index contributed by atoms with van der Waals surface area (Å²) in [5.41, 5.74) is 5.37. The molecule has 0 fully saturated rings. The predicted octanol–water partition coefficient (Wildman–Crippen LogP) is 6.24. The van der Waals surface area contributed by atoms with E-state index in [2.05, 4.69) is 6.07 Å². The molecule has 1 amide bonds. The first-order chi connectivity index (χ1) is 16.7. The zero-order valence-corrected chi connectivity index (χ0v) is 18.9. The first-order valence-corrected chi connectivity index (χ1v) is 11.3. The molecule has 0 N–H and O–H groups in total. The number of hydrogen-bond acceptors (Lipinski definition) is 4. The van der Waals surface area contributed by atoms with Gasteiger partial charge in [-0.25, -0.2) is 9.97 Å². The van der Waals surface area contributed by atoms with Gasteiger partial charge in [0.15, 0.2) is 6.04 Å². The molecule has 2 heterocycles. The van der Waals surface area contributed by atoms with E-state index in [1.807, 2.05) is 72.8 Å². The fraction of sp³-hybridized carbons (Fsp3) is 0.0714. The molecular formula is C28H19ClN4O. The van der Waals surface area contributed by atoms with Crippen LogP contribution < -0.4 is 0 Å². The standard InChI is InChI=1S/C28H19ClN4O/c29-17-21-13-7-8-14-22(21)28(34)33-16-15-23-27(24(33)18-30)32-26(20-11-5-2-6-12-20)25(31-23)19-9-3-1-4-10-19/h1-16,24H,17H2. The molecule has 4 aromatic rings. The van der Waals surface area contributed by atoms with Crippen LogP contribution in [-0.4, -0.2) is 20.8 Å². The van der Waals surface area contributed by atoms with Crippen molar-refractivity contribution in [2.24, 2.45) is 0 Å². The number of nitriles is 1. The second-order valence-corrected chi connectivity index (χ2v) is 8.04. The summed E-state index contributed by atoms with van der Waals surface area (Å²) in [6, 6.07) is 28.0. The molecule has 0 radical (unpaired) electrons. The third-order valence-corrected chi connectivity index (χ3v) is 6.01. The molecule has 34 heavy (non-hydrogen) atoms. The highest BCUT2D eigenvalue weighted by atomic mass is 35.5. The minimum absolute atomic E-state index is 0.200. The monoisotopic (exact) mass is 462 g/mol. The van der Waals surface area contributed by atoms with E-state index in [0.717, 1.165) is 16.8 Å². The van der Waals surface area contributed by atoms with Crippen LogP contribution in [0.15, 0.2) is 91.1 Å². The Bertz CT molecular complexity index is 1430. The van der Waals surface area contributed by atoms with Crippen molar-refractivity contribution in [3.8, 4) is 28.6 Å². The van der Waals surface area contributed by atoms with Crippen molar-refractivity contribution in [2.45, 2.75) is 11.9 Å². The Kier molecular flexibility index (Phi) is 5.90. The fourth-order valence-corrected chi connectivity index (χ4v) is 4.27. The van der Waals surface area contributed by atoms with Crippen LogP contribution in [0, 0.1) is 11.3 Å². The third-order valence-electron chi connectivity index (χ3n) is 5.72. The van der Waals surface area contributed by atoms with E-state index < -0.39 is 6.04 Å². The SMILES string of the molecule is N#CC1c2nc(-c3ccccc3)c(-c3ccccc3)nc2C=CN1C(=O)c1ccccc1CCl. The maximum atomic E-state index is 13.4. The zero-order valence-electron chi connectivity index (χ0n) is 18.1. The van der Waals surface area contributed by atoms with Crippen LogP contribution in [0.25, 0.3) is 28.6 Å².